The van der Waals surface area contributed by atoms with Gasteiger partial charge in [-0.1, -0.05) is 30.3 Å². The molecule has 0 aliphatic rings. The summed E-state index contributed by atoms with van der Waals surface area (Å²) >= 11 is 0. The van der Waals surface area contributed by atoms with E-state index in [1.807, 2.05) is 44.2 Å². The zero-order valence-corrected chi connectivity index (χ0v) is 9.90. The second kappa shape index (κ2) is 7.01. The quantitative estimate of drug-likeness (QED) is 0.748. The lowest BCUT2D eigenvalue weighted by Gasteiger charge is -2.14. The molecule has 1 amide bonds. The Labute approximate surface area is 96.8 Å². The van der Waals surface area contributed by atoms with Crippen LogP contribution in [-0.2, 0) is 9.53 Å². The van der Waals surface area contributed by atoms with E-state index >= 15 is 0 Å². The Balaban J connectivity index is 2.34. The summed E-state index contributed by atoms with van der Waals surface area (Å²) in [4.78, 5) is 11.5. The second-order valence-electron chi connectivity index (χ2n) is 3.65. The predicted octanol–water partition coefficient (Wildman–Crippen LogP) is 2.29. The van der Waals surface area contributed by atoms with Crippen molar-refractivity contribution in [2.45, 2.75) is 26.3 Å². The molecule has 1 atom stereocenters. The first kappa shape index (κ1) is 12.7. The average molecular weight is 221 g/mol. The van der Waals surface area contributed by atoms with Crippen molar-refractivity contribution >= 4 is 5.91 Å². The van der Waals surface area contributed by atoms with Crippen molar-refractivity contribution in [2.24, 2.45) is 0 Å². The molecule has 0 fully saturated rings. The number of carbonyl (C=O) groups is 1. The molecule has 1 rings (SSSR count). The van der Waals surface area contributed by atoms with Gasteiger partial charge in [0.05, 0.1) is 12.6 Å². The fourth-order valence-corrected chi connectivity index (χ4v) is 1.45. The number of amides is 1. The minimum Gasteiger partial charge on any atom is -0.381 e. The highest BCUT2D eigenvalue weighted by Crippen LogP contribution is 2.10. The highest BCUT2D eigenvalue weighted by Gasteiger charge is 2.08. The molecule has 0 bridgehead atoms. The van der Waals surface area contributed by atoms with Gasteiger partial charge in [-0.05, 0) is 19.4 Å². The number of ether oxygens (including phenoxy) is 1. The summed E-state index contributed by atoms with van der Waals surface area (Å²) in [5, 5.41) is 2.94. The van der Waals surface area contributed by atoms with Gasteiger partial charge in [-0.2, -0.15) is 0 Å². The van der Waals surface area contributed by atoms with Gasteiger partial charge in [-0.3, -0.25) is 4.79 Å². The highest BCUT2D eigenvalue weighted by molar-refractivity contribution is 5.76. The van der Waals surface area contributed by atoms with Gasteiger partial charge in [0.15, 0.2) is 0 Å². The molecule has 3 heteroatoms. The van der Waals surface area contributed by atoms with E-state index in [-0.39, 0.29) is 11.9 Å². The number of benzene rings is 1. The first-order valence-corrected chi connectivity index (χ1v) is 5.66. The molecular formula is C13H19NO2. The van der Waals surface area contributed by atoms with Crippen LogP contribution in [0.15, 0.2) is 30.3 Å². The van der Waals surface area contributed by atoms with Gasteiger partial charge >= 0.3 is 0 Å². The van der Waals surface area contributed by atoms with E-state index in [0.29, 0.717) is 19.6 Å². The molecule has 0 aliphatic heterocycles. The maximum Gasteiger partial charge on any atom is 0.222 e. The first-order valence-electron chi connectivity index (χ1n) is 5.66. The van der Waals surface area contributed by atoms with E-state index in [4.69, 9.17) is 4.74 Å². The van der Waals surface area contributed by atoms with E-state index in [0.717, 1.165) is 5.56 Å². The standard InChI is InChI=1S/C13H19NO2/c1-3-16-10-9-13(15)14-11(2)12-7-5-4-6-8-12/h4-8,11H,3,9-10H2,1-2H3,(H,14,15). The summed E-state index contributed by atoms with van der Waals surface area (Å²) in [5.74, 6) is 0.0322. The molecule has 1 unspecified atom stereocenters. The first-order chi connectivity index (χ1) is 7.74. The topological polar surface area (TPSA) is 38.3 Å². The van der Waals surface area contributed by atoms with Crippen LogP contribution >= 0.6 is 0 Å². The van der Waals surface area contributed by atoms with Crippen LogP contribution in [-0.4, -0.2) is 19.1 Å². The van der Waals surface area contributed by atoms with Crippen LogP contribution in [0, 0.1) is 0 Å². The monoisotopic (exact) mass is 221 g/mol. The Kier molecular flexibility index (Phi) is 5.57. The lowest BCUT2D eigenvalue weighted by atomic mass is 10.1. The third kappa shape index (κ3) is 4.45. The zero-order valence-electron chi connectivity index (χ0n) is 9.90. The summed E-state index contributed by atoms with van der Waals surface area (Å²) in [5.41, 5.74) is 1.12. The summed E-state index contributed by atoms with van der Waals surface area (Å²) in [7, 11) is 0. The third-order valence-corrected chi connectivity index (χ3v) is 2.35. The Morgan fingerprint density at radius 2 is 2.06 bits per heavy atom. The fraction of sp³-hybridized carbons (Fsp3) is 0.462. The maximum atomic E-state index is 11.5. The van der Waals surface area contributed by atoms with E-state index in [1.165, 1.54) is 0 Å². The molecule has 0 spiro atoms. The van der Waals surface area contributed by atoms with Gasteiger partial charge in [0, 0.05) is 13.0 Å². The number of hydrogen-bond acceptors (Lipinski definition) is 2. The fourth-order valence-electron chi connectivity index (χ4n) is 1.45. The predicted molar refractivity (Wildman–Crippen MR) is 64.1 cm³/mol. The van der Waals surface area contributed by atoms with Gasteiger partial charge in [-0.25, -0.2) is 0 Å². The Morgan fingerprint density at radius 1 is 1.38 bits per heavy atom. The zero-order chi connectivity index (χ0) is 11.8. The molecule has 1 N–H and O–H groups in total. The van der Waals surface area contributed by atoms with Gasteiger partial charge in [-0.15, -0.1) is 0 Å². The summed E-state index contributed by atoms with van der Waals surface area (Å²) in [6, 6.07) is 9.97. The van der Waals surface area contributed by atoms with E-state index in [2.05, 4.69) is 5.32 Å². The minimum absolute atomic E-state index is 0.0322. The smallest absolute Gasteiger partial charge is 0.222 e. The van der Waals surface area contributed by atoms with Crippen LogP contribution in [0.3, 0.4) is 0 Å². The van der Waals surface area contributed by atoms with Crippen molar-refractivity contribution in [1.29, 1.82) is 0 Å². The largest absolute Gasteiger partial charge is 0.381 e. The number of carbonyl (C=O) groups excluding carboxylic acids is 1. The lowest BCUT2D eigenvalue weighted by molar-refractivity contribution is -0.122. The minimum atomic E-state index is 0.0322. The maximum absolute atomic E-state index is 11.5. The van der Waals surface area contributed by atoms with E-state index in [9.17, 15) is 4.79 Å². The molecule has 1 aromatic carbocycles. The van der Waals surface area contributed by atoms with Crippen molar-refractivity contribution in [3.63, 3.8) is 0 Å². The van der Waals surface area contributed by atoms with E-state index in [1.54, 1.807) is 0 Å². The summed E-state index contributed by atoms with van der Waals surface area (Å²) in [6.45, 7) is 5.05. The molecule has 0 aliphatic carbocycles. The summed E-state index contributed by atoms with van der Waals surface area (Å²) in [6.07, 6.45) is 0.422. The normalized spacial score (nSPS) is 12.1. The van der Waals surface area contributed by atoms with Crippen molar-refractivity contribution in [3.05, 3.63) is 35.9 Å². The van der Waals surface area contributed by atoms with Crippen molar-refractivity contribution < 1.29 is 9.53 Å². The number of rotatable bonds is 6. The van der Waals surface area contributed by atoms with Gasteiger partial charge in [0.1, 0.15) is 0 Å². The molecule has 88 valence electrons. The van der Waals surface area contributed by atoms with Crippen LogP contribution in [0.1, 0.15) is 31.9 Å². The van der Waals surface area contributed by atoms with Crippen molar-refractivity contribution in [3.8, 4) is 0 Å². The van der Waals surface area contributed by atoms with Crippen LogP contribution in [0.5, 0.6) is 0 Å². The van der Waals surface area contributed by atoms with Crippen LogP contribution in [0.4, 0.5) is 0 Å². The molecule has 16 heavy (non-hydrogen) atoms. The Hall–Kier alpha value is -1.35. The van der Waals surface area contributed by atoms with Gasteiger partial charge in [0.25, 0.3) is 0 Å². The SMILES string of the molecule is CCOCCC(=O)NC(C)c1ccccc1. The van der Waals surface area contributed by atoms with Crippen molar-refractivity contribution in [2.75, 3.05) is 13.2 Å². The molecule has 0 radical (unpaired) electrons. The Morgan fingerprint density at radius 3 is 2.69 bits per heavy atom. The Bertz CT molecular complexity index is 311. The molecule has 1 aromatic rings. The molecule has 3 nitrogen and oxygen atoms in total. The molecular weight excluding hydrogens is 202 g/mol. The summed E-state index contributed by atoms with van der Waals surface area (Å²) < 4.78 is 5.13. The average Bonchev–Trinajstić information content (AvgIpc) is 2.30. The van der Waals surface area contributed by atoms with Crippen LogP contribution in [0.25, 0.3) is 0 Å². The molecule has 0 heterocycles. The van der Waals surface area contributed by atoms with Crippen molar-refractivity contribution in [1.82, 2.24) is 5.32 Å². The third-order valence-electron chi connectivity index (χ3n) is 2.35. The van der Waals surface area contributed by atoms with Gasteiger partial charge < -0.3 is 10.1 Å². The van der Waals surface area contributed by atoms with Gasteiger partial charge in [0.2, 0.25) is 5.91 Å². The lowest BCUT2D eigenvalue weighted by Crippen LogP contribution is -2.27. The molecule has 0 saturated heterocycles. The van der Waals surface area contributed by atoms with Crippen LogP contribution < -0.4 is 5.32 Å². The second-order valence-corrected chi connectivity index (χ2v) is 3.65. The van der Waals surface area contributed by atoms with Crippen LogP contribution in [0.2, 0.25) is 0 Å². The molecule has 0 saturated carbocycles. The molecule has 0 aromatic heterocycles. The number of hydrogen-bond donors (Lipinski definition) is 1. The highest BCUT2D eigenvalue weighted by atomic mass is 16.5. The van der Waals surface area contributed by atoms with E-state index < -0.39 is 0 Å². The number of nitrogens with one attached hydrogen (secondary N) is 1.